The Balaban J connectivity index is 1.94. The molecular formula is C14H13FN2O2S. The van der Waals surface area contributed by atoms with Crippen molar-refractivity contribution in [2.45, 2.75) is 25.7 Å². The Morgan fingerprint density at radius 3 is 3.20 bits per heavy atom. The van der Waals surface area contributed by atoms with Gasteiger partial charge in [-0.15, -0.1) is 11.3 Å². The Morgan fingerprint density at radius 2 is 2.45 bits per heavy atom. The van der Waals surface area contributed by atoms with Gasteiger partial charge in [0.05, 0.1) is 12.3 Å². The molecule has 0 amide bonds. The van der Waals surface area contributed by atoms with Crippen molar-refractivity contribution >= 4 is 17.3 Å². The number of aromatic nitrogens is 2. The Kier molecular flexibility index (Phi) is 3.48. The van der Waals surface area contributed by atoms with Crippen LogP contribution in [0.3, 0.4) is 0 Å². The van der Waals surface area contributed by atoms with Gasteiger partial charge in [0.25, 0.3) is 0 Å². The number of carbonyl (C=O) groups is 1. The van der Waals surface area contributed by atoms with Crippen LogP contribution in [0.5, 0.6) is 0 Å². The molecule has 4 nitrogen and oxygen atoms in total. The summed E-state index contributed by atoms with van der Waals surface area (Å²) in [6.07, 6.45) is 3.04. The van der Waals surface area contributed by atoms with E-state index in [1.165, 1.54) is 23.6 Å². The van der Waals surface area contributed by atoms with Gasteiger partial charge in [0.2, 0.25) is 0 Å². The Labute approximate surface area is 119 Å². The van der Waals surface area contributed by atoms with E-state index in [1.807, 2.05) is 0 Å². The zero-order chi connectivity index (χ0) is 14.1. The maximum atomic E-state index is 13.7. The predicted molar refractivity (Wildman–Crippen MR) is 73.0 cm³/mol. The van der Waals surface area contributed by atoms with Gasteiger partial charge in [0.15, 0.2) is 5.82 Å². The van der Waals surface area contributed by atoms with Gasteiger partial charge in [-0.25, -0.2) is 9.37 Å². The van der Waals surface area contributed by atoms with E-state index in [-0.39, 0.29) is 17.6 Å². The summed E-state index contributed by atoms with van der Waals surface area (Å²) in [5, 5.41) is 0.530. The molecule has 1 aliphatic carbocycles. The highest BCUT2D eigenvalue weighted by Crippen LogP contribution is 2.40. The lowest BCUT2D eigenvalue weighted by atomic mass is 10.1. The zero-order valence-electron chi connectivity index (χ0n) is 10.9. The molecule has 0 saturated carbocycles. The minimum Gasteiger partial charge on any atom is -0.465 e. The number of pyridine rings is 1. The van der Waals surface area contributed by atoms with E-state index in [1.54, 1.807) is 13.0 Å². The second-order valence-corrected chi connectivity index (χ2v) is 5.59. The summed E-state index contributed by atoms with van der Waals surface area (Å²) in [7, 11) is 0. The third-order valence-corrected chi connectivity index (χ3v) is 4.39. The van der Waals surface area contributed by atoms with Crippen molar-refractivity contribution in [1.29, 1.82) is 0 Å². The number of halogens is 1. The lowest BCUT2D eigenvalue weighted by molar-refractivity contribution is -0.145. The summed E-state index contributed by atoms with van der Waals surface area (Å²) in [6, 6.07) is 2.90. The monoisotopic (exact) mass is 292 g/mol. The SMILES string of the molecule is CCOC(=O)C1CCc2sc(-c3ncccc3F)nc21. The van der Waals surface area contributed by atoms with E-state index >= 15 is 0 Å². The highest BCUT2D eigenvalue weighted by molar-refractivity contribution is 7.15. The smallest absolute Gasteiger partial charge is 0.315 e. The van der Waals surface area contributed by atoms with Gasteiger partial charge < -0.3 is 4.74 Å². The fraction of sp³-hybridized carbons (Fsp3) is 0.357. The Morgan fingerprint density at radius 1 is 1.60 bits per heavy atom. The van der Waals surface area contributed by atoms with Gasteiger partial charge >= 0.3 is 5.97 Å². The zero-order valence-corrected chi connectivity index (χ0v) is 11.7. The van der Waals surface area contributed by atoms with Crippen molar-refractivity contribution in [3.63, 3.8) is 0 Å². The van der Waals surface area contributed by atoms with E-state index in [2.05, 4.69) is 9.97 Å². The molecule has 0 fully saturated rings. The highest BCUT2D eigenvalue weighted by Gasteiger charge is 2.34. The number of carbonyl (C=O) groups excluding carboxylic acids is 1. The fourth-order valence-electron chi connectivity index (χ4n) is 2.34. The van der Waals surface area contributed by atoms with Crippen LogP contribution in [0.25, 0.3) is 10.7 Å². The van der Waals surface area contributed by atoms with Gasteiger partial charge in [-0.3, -0.25) is 9.78 Å². The summed E-state index contributed by atoms with van der Waals surface area (Å²) < 4.78 is 18.8. The first-order chi connectivity index (χ1) is 9.70. The normalized spacial score (nSPS) is 17.0. The molecular weight excluding hydrogens is 279 g/mol. The van der Waals surface area contributed by atoms with Crippen LogP contribution in [0.2, 0.25) is 0 Å². The van der Waals surface area contributed by atoms with E-state index in [4.69, 9.17) is 4.74 Å². The first-order valence-corrected chi connectivity index (χ1v) is 7.29. The molecule has 0 bridgehead atoms. The minimum atomic E-state index is -0.396. The molecule has 0 radical (unpaired) electrons. The van der Waals surface area contributed by atoms with Gasteiger partial charge in [-0.2, -0.15) is 0 Å². The average Bonchev–Trinajstić information content (AvgIpc) is 2.99. The fourth-order valence-corrected chi connectivity index (χ4v) is 3.48. The predicted octanol–water partition coefficient (Wildman–Crippen LogP) is 2.94. The van der Waals surface area contributed by atoms with Gasteiger partial charge in [-0.05, 0) is 31.9 Å². The van der Waals surface area contributed by atoms with Crippen molar-refractivity contribution < 1.29 is 13.9 Å². The maximum Gasteiger partial charge on any atom is 0.315 e. The number of esters is 1. The van der Waals surface area contributed by atoms with Crippen LogP contribution in [0, 0.1) is 5.82 Å². The number of fused-ring (bicyclic) bond motifs is 1. The van der Waals surface area contributed by atoms with E-state index in [0.717, 1.165) is 23.4 Å². The lowest BCUT2D eigenvalue weighted by Crippen LogP contribution is -2.14. The van der Waals surface area contributed by atoms with Gasteiger partial charge in [0.1, 0.15) is 16.6 Å². The Hall–Kier alpha value is -1.82. The molecule has 104 valence electrons. The molecule has 0 aromatic carbocycles. The molecule has 20 heavy (non-hydrogen) atoms. The molecule has 2 heterocycles. The molecule has 2 aromatic heterocycles. The summed E-state index contributed by atoms with van der Waals surface area (Å²) in [6.45, 7) is 2.14. The van der Waals surface area contributed by atoms with Crippen LogP contribution in [-0.2, 0) is 16.0 Å². The minimum absolute atomic E-state index is 0.245. The number of aryl methyl sites for hydroxylation is 1. The average molecular weight is 292 g/mol. The first kappa shape index (κ1) is 13.2. The maximum absolute atomic E-state index is 13.7. The van der Waals surface area contributed by atoms with Crippen LogP contribution >= 0.6 is 11.3 Å². The molecule has 2 aromatic rings. The van der Waals surface area contributed by atoms with Crippen LogP contribution in [0.4, 0.5) is 4.39 Å². The van der Waals surface area contributed by atoms with Crippen molar-refractivity contribution in [3.05, 3.63) is 34.7 Å². The lowest BCUT2D eigenvalue weighted by Gasteiger charge is -2.07. The molecule has 1 atom stereocenters. The van der Waals surface area contributed by atoms with Crippen molar-refractivity contribution in [1.82, 2.24) is 9.97 Å². The Bertz CT molecular complexity index is 656. The topological polar surface area (TPSA) is 52.1 Å². The van der Waals surface area contributed by atoms with Crippen LogP contribution in [0.15, 0.2) is 18.3 Å². The van der Waals surface area contributed by atoms with Crippen molar-refractivity contribution in [2.75, 3.05) is 6.61 Å². The second-order valence-electron chi connectivity index (χ2n) is 4.50. The third kappa shape index (κ3) is 2.20. The number of rotatable bonds is 3. The molecule has 0 aliphatic heterocycles. The standard InChI is InChI=1S/C14H13FN2O2S/c1-2-19-14(18)8-5-6-10-11(8)17-13(20-10)12-9(15)4-3-7-16-12/h3-4,7-8H,2,5-6H2,1H3. The summed E-state index contributed by atoms with van der Waals surface area (Å²) >= 11 is 1.41. The summed E-state index contributed by atoms with van der Waals surface area (Å²) in [5.74, 6) is -0.959. The number of hydrogen-bond donors (Lipinski definition) is 0. The van der Waals surface area contributed by atoms with Crippen LogP contribution in [0.1, 0.15) is 29.8 Å². The van der Waals surface area contributed by atoms with Crippen molar-refractivity contribution in [3.8, 4) is 10.7 Å². The number of hydrogen-bond acceptors (Lipinski definition) is 5. The van der Waals surface area contributed by atoms with Crippen LogP contribution in [-0.4, -0.2) is 22.5 Å². The number of nitrogens with zero attached hydrogens (tertiary/aromatic N) is 2. The highest BCUT2D eigenvalue weighted by atomic mass is 32.1. The molecule has 0 saturated heterocycles. The van der Waals surface area contributed by atoms with E-state index in [0.29, 0.717) is 11.6 Å². The summed E-state index contributed by atoms with van der Waals surface area (Å²) in [5.41, 5.74) is 0.975. The van der Waals surface area contributed by atoms with Gasteiger partial charge in [-0.1, -0.05) is 0 Å². The molecule has 6 heteroatoms. The largest absolute Gasteiger partial charge is 0.465 e. The van der Waals surface area contributed by atoms with Crippen LogP contribution < -0.4 is 0 Å². The molecule has 0 N–H and O–H groups in total. The molecule has 1 unspecified atom stereocenters. The second kappa shape index (κ2) is 5.28. The summed E-state index contributed by atoms with van der Waals surface area (Å²) in [4.78, 5) is 21.4. The third-order valence-electron chi connectivity index (χ3n) is 3.25. The molecule has 1 aliphatic rings. The van der Waals surface area contributed by atoms with E-state index in [9.17, 15) is 9.18 Å². The van der Waals surface area contributed by atoms with Gasteiger partial charge in [0, 0.05) is 11.1 Å². The van der Waals surface area contributed by atoms with E-state index < -0.39 is 5.82 Å². The number of ether oxygens (including phenoxy) is 1. The van der Waals surface area contributed by atoms with Crippen molar-refractivity contribution in [2.24, 2.45) is 0 Å². The quantitative estimate of drug-likeness (QED) is 0.816. The molecule has 0 spiro atoms. The molecule has 3 rings (SSSR count). The first-order valence-electron chi connectivity index (χ1n) is 6.47. The number of thiazole rings is 1.